The predicted octanol–water partition coefficient (Wildman–Crippen LogP) is 5.20. The van der Waals surface area contributed by atoms with E-state index in [0.29, 0.717) is 12.1 Å². The van der Waals surface area contributed by atoms with Gasteiger partial charge >= 0.3 is 0 Å². The Balaban J connectivity index is 0.00000274. The number of amides is 1. The summed E-state index contributed by atoms with van der Waals surface area (Å²) in [6.07, 6.45) is 6.18. The Bertz CT molecular complexity index is 1170. The third kappa shape index (κ3) is 4.93. The summed E-state index contributed by atoms with van der Waals surface area (Å²) < 4.78 is 0. The normalized spacial score (nSPS) is 16.7. The molecular formula is C29H30ClN3O. The van der Waals surface area contributed by atoms with Gasteiger partial charge in [-0.25, -0.2) is 0 Å². The summed E-state index contributed by atoms with van der Waals surface area (Å²) in [6.45, 7) is 2.22. The lowest BCUT2D eigenvalue weighted by Crippen LogP contribution is -2.42. The smallest absolute Gasteiger partial charge is 0.251 e. The molecule has 1 unspecified atom stereocenters. The van der Waals surface area contributed by atoms with Gasteiger partial charge in [-0.2, -0.15) is 0 Å². The quantitative estimate of drug-likeness (QED) is 0.430. The summed E-state index contributed by atoms with van der Waals surface area (Å²) in [7, 11) is 0. The predicted molar refractivity (Wildman–Crippen MR) is 143 cm³/mol. The highest BCUT2D eigenvalue weighted by Crippen LogP contribution is 2.39. The van der Waals surface area contributed by atoms with E-state index in [-0.39, 0.29) is 24.4 Å². The molecule has 5 rings (SSSR count). The van der Waals surface area contributed by atoms with Crippen molar-refractivity contribution in [3.63, 3.8) is 0 Å². The molecule has 174 valence electrons. The first-order valence-corrected chi connectivity index (χ1v) is 11.6. The fraction of sp³-hybridized carbons (Fsp3) is 0.207. The fourth-order valence-electron chi connectivity index (χ4n) is 4.81. The zero-order valence-electron chi connectivity index (χ0n) is 19.1. The first-order valence-electron chi connectivity index (χ1n) is 11.6. The highest BCUT2D eigenvalue weighted by Gasteiger charge is 2.27. The second-order valence-corrected chi connectivity index (χ2v) is 8.69. The number of carbonyl (C=O) groups excluding carboxylic acids is 1. The Hall–Kier alpha value is -3.34. The van der Waals surface area contributed by atoms with Crippen molar-refractivity contribution in [1.29, 1.82) is 0 Å². The van der Waals surface area contributed by atoms with Gasteiger partial charge in [0.1, 0.15) is 0 Å². The van der Waals surface area contributed by atoms with E-state index in [4.69, 9.17) is 5.73 Å². The molecule has 3 aromatic rings. The molecule has 2 aliphatic rings. The molecule has 34 heavy (non-hydrogen) atoms. The van der Waals surface area contributed by atoms with Crippen LogP contribution in [0.5, 0.6) is 0 Å². The van der Waals surface area contributed by atoms with Gasteiger partial charge in [0.25, 0.3) is 5.91 Å². The molecule has 3 N–H and O–H groups in total. The highest BCUT2D eigenvalue weighted by atomic mass is 35.5. The second-order valence-electron chi connectivity index (χ2n) is 8.69. The van der Waals surface area contributed by atoms with E-state index < -0.39 is 0 Å². The lowest BCUT2D eigenvalue weighted by Gasteiger charge is -2.37. The summed E-state index contributed by atoms with van der Waals surface area (Å²) in [6, 6.07) is 26.7. The van der Waals surface area contributed by atoms with Gasteiger partial charge in [-0.05, 0) is 40.8 Å². The van der Waals surface area contributed by atoms with E-state index in [1.165, 1.54) is 33.5 Å². The first kappa shape index (κ1) is 23.8. The lowest BCUT2D eigenvalue weighted by atomic mass is 9.87. The van der Waals surface area contributed by atoms with Crippen LogP contribution >= 0.6 is 12.4 Å². The Labute approximate surface area is 207 Å². The summed E-state index contributed by atoms with van der Waals surface area (Å²) in [4.78, 5) is 14.9. The maximum absolute atomic E-state index is 12.5. The van der Waals surface area contributed by atoms with Crippen molar-refractivity contribution in [3.8, 4) is 0 Å². The number of likely N-dealkylation sites (tertiary alicyclic amines) is 1. The molecule has 1 amide bonds. The van der Waals surface area contributed by atoms with Crippen molar-refractivity contribution < 1.29 is 4.79 Å². The van der Waals surface area contributed by atoms with Gasteiger partial charge in [0.15, 0.2) is 0 Å². The molecule has 1 aliphatic carbocycles. The van der Waals surface area contributed by atoms with Crippen molar-refractivity contribution in [2.75, 3.05) is 19.6 Å². The van der Waals surface area contributed by atoms with Crippen LogP contribution in [0.25, 0.3) is 17.7 Å². The van der Waals surface area contributed by atoms with Crippen molar-refractivity contribution in [2.24, 2.45) is 5.73 Å². The van der Waals surface area contributed by atoms with E-state index in [9.17, 15) is 4.79 Å². The van der Waals surface area contributed by atoms with E-state index in [1.54, 1.807) is 0 Å². The van der Waals surface area contributed by atoms with E-state index in [1.807, 2.05) is 30.3 Å². The van der Waals surface area contributed by atoms with Gasteiger partial charge < -0.3 is 16.0 Å². The Kier molecular flexibility index (Phi) is 7.51. The van der Waals surface area contributed by atoms with Crippen LogP contribution < -0.4 is 11.1 Å². The minimum absolute atomic E-state index is 0. The van der Waals surface area contributed by atoms with E-state index >= 15 is 0 Å². The molecule has 4 nitrogen and oxygen atoms in total. The van der Waals surface area contributed by atoms with Gasteiger partial charge in [0.05, 0.1) is 0 Å². The molecule has 1 atom stereocenters. The Morgan fingerprint density at radius 2 is 1.47 bits per heavy atom. The molecule has 5 heteroatoms. The van der Waals surface area contributed by atoms with Crippen LogP contribution in [-0.4, -0.2) is 36.5 Å². The molecule has 0 spiro atoms. The van der Waals surface area contributed by atoms with Crippen LogP contribution in [0, 0.1) is 0 Å². The number of nitrogens with two attached hydrogens (primary N) is 1. The molecule has 0 saturated carbocycles. The number of nitrogens with zero attached hydrogens (tertiary/aromatic N) is 1. The van der Waals surface area contributed by atoms with Crippen molar-refractivity contribution in [3.05, 3.63) is 112 Å². The summed E-state index contributed by atoms with van der Waals surface area (Å²) >= 11 is 0. The monoisotopic (exact) mass is 471 g/mol. The standard InChI is InChI=1S/C29H29N3O.ClH/c30-24-16-18-32(19-17-31-29(33)23-10-2-1-3-11-23)27(20-24)28-25-12-6-4-8-21(25)14-15-22-9-5-7-13-26(22)28;/h1-15,24H,16-20,30H2,(H,31,33);1H. The molecule has 1 fully saturated rings. The molecule has 1 saturated heterocycles. The largest absolute Gasteiger partial charge is 0.372 e. The number of hydrogen-bond donors (Lipinski definition) is 2. The van der Waals surface area contributed by atoms with Crippen LogP contribution in [0.1, 0.15) is 45.5 Å². The summed E-state index contributed by atoms with van der Waals surface area (Å²) in [5.74, 6) is -0.0344. The molecule has 0 radical (unpaired) electrons. The van der Waals surface area contributed by atoms with Crippen molar-refractivity contribution in [2.45, 2.75) is 18.9 Å². The van der Waals surface area contributed by atoms with E-state index in [2.05, 4.69) is 70.9 Å². The molecule has 0 bridgehead atoms. The molecule has 0 aromatic heterocycles. The Morgan fingerprint density at radius 1 is 0.882 bits per heavy atom. The van der Waals surface area contributed by atoms with Crippen LogP contribution in [0.15, 0.2) is 84.6 Å². The van der Waals surface area contributed by atoms with Crippen LogP contribution in [0.4, 0.5) is 0 Å². The molecule has 1 heterocycles. The number of piperidine rings is 1. The zero-order chi connectivity index (χ0) is 22.6. The number of nitrogens with one attached hydrogen (secondary N) is 1. The van der Waals surface area contributed by atoms with Gasteiger partial charge in [-0.3, -0.25) is 4.79 Å². The third-order valence-electron chi connectivity index (χ3n) is 6.50. The second kappa shape index (κ2) is 10.7. The molecule has 1 aliphatic heterocycles. The SMILES string of the molecule is Cl.NC1CCN(CCNC(=O)c2ccccc2)C(=C2c3ccccc3C=Cc3ccccc32)C1. The van der Waals surface area contributed by atoms with Crippen molar-refractivity contribution >= 4 is 36.0 Å². The summed E-state index contributed by atoms with van der Waals surface area (Å²) in [5.41, 5.74) is 14.6. The average Bonchev–Trinajstić information content (AvgIpc) is 3.02. The zero-order valence-corrected chi connectivity index (χ0v) is 19.9. The number of halogens is 1. The Morgan fingerprint density at radius 3 is 2.12 bits per heavy atom. The topological polar surface area (TPSA) is 58.4 Å². The van der Waals surface area contributed by atoms with E-state index in [0.717, 1.165) is 25.9 Å². The number of fused-ring (bicyclic) bond motifs is 2. The maximum Gasteiger partial charge on any atom is 0.251 e. The minimum atomic E-state index is -0.0344. The number of carbonyl (C=O) groups is 1. The fourth-order valence-corrected chi connectivity index (χ4v) is 4.81. The van der Waals surface area contributed by atoms with Gasteiger partial charge in [-0.1, -0.05) is 78.9 Å². The maximum atomic E-state index is 12.5. The number of hydrogen-bond acceptors (Lipinski definition) is 3. The highest BCUT2D eigenvalue weighted by molar-refractivity contribution is 5.95. The van der Waals surface area contributed by atoms with Crippen molar-refractivity contribution in [1.82, 2.24) is 10.2 Å². The third-order valence-corrected chi connectivity index (χ3v) is 6.50. The lowest BCUT2D eigenvalue weighted by molar-refractivity contribution is 0.0949. The molecule has 3 aromatic carbocycles. The summed E-state index contributed by atoms with van der Waals surface area (Å²) in [5, 5.41) is 3.08. The van der Waals surface area contributed by atoms with Crippen LogP contribution in [0.3, 0.4) is 0 Å². The van der Waals surface area contributed by atoms with Crippen LogP contribution in [0.2, 0.25) is 0 Å². The number of rotatable bonds is 4. The number of benzene rings is 3. The van der Waals surface area contributed by atoms with Gasteiger partial charge in [0, 0.05) is 48.9 Å². The minimum Gasteiger partial charge on any atom is -0.372 e. The average molecular weight is 472 g/mol. The van der Waals surface area contributed by atoms with Gasteiger partial charge in [0.2, 0.25) is 0 Å². The van der Waals surface area contributed by atoms with Crippen LogP contribution in [-0.2, 0) is 0 Å². The first-order chi connectivity index (χ1) is 16.2. The van der Waals surface area contributed by atoms with Gasteiger partial charge in [-0.15, -0.1) is 12.4 Å². The molecular weight excluding hydrogens is 442 g/mol.